The predicted molar refractivity (Wildman–Crippen MR) is 112 cm³/mol. The van der Waals surface area contributed by atoms with Gasteiger partial charge >= 0.3 is 5.97 Å². The van der Waals surface area contributed by atoms with Crippen LogP contribution in [0.3, 0.4) is 0 Å². The lowest BCUT2D eigenvalue weighted by molar-refractivity contribution is 0.0436. The number of aryl methyl sites for hydroxylation is 1. The Labute approximate surface area is 174 Å². The molecule has 30 heavy (non-hydrogen) atoms. The zero-order chi connectivity index (χ0) is 20.9. The fourth-order valence-electron chi connectivity index (χ4n) is 3.04. The van der Waals surface area contributed by atoms with E-state index in [1.807, 2.05) is 49.4 Å². The maximum Gasteiger partial charge on any atom is 0.339 e. The van der Waals surface area contributed by atoms with Gasteiger partial charge in [0, 0.05) is 16.7 Å². The van der Waals surface area contributed by atoms with Gasteiger partial charge in [-0.1, -0.05) is 78.4 Å². The first-order valence-corrected chi connectivity index (χ1v) is 9.49. The van der Waals surface area contributed by atoms with Gasteiger partial charge < -0.3 is 9.15 Å². The number of aromatic nitrogens is 1. The molecule has 1 aromatic heterocycles. The molecule has 0 spiro atoms. The predicted octanol–water partition coefficient (Wildman–Crippen LogP) is 5.24. The van der Waals surface area contributed by atoms with E-state index in [-0.39, 0.29) is 23.8 Å². The maximum absolute atomic E-state index is 12.9. The van der Waals surface area contributed by atoms with Gasteiger partial charge in [0.2, 0.25) is 5.89 Å². The third-order valence-electron chi connectivity index (χ3n) is 4.64. The largest absolute Gasteiger partial charge is 0.452 e. The summed E-state index contributed by atoms with van der Waals surface area (Å²) in [7, 11) is 0. The third kappa shape index (κ3) is 4.20. The molecule has 0 aliphatic carbocycles. The summed E-state index contributed by atoms with van der Waals surface area (Å²) in [6.07, 6.45) is 1.59. The van der Waals surface area contributed by atoms with Crippen LogP contribution in [0.2, 0.25) is 0 Å². The molecule has 148 valence electrons. The molecule has 0 atom stereocenters. The lowest BCUT2D eigenvalue weighted by Gasteiger charge is -2.08. The molecule has 0 N–H and O–H groups in total. The molecule has 4 aromatic rings. The molecule has 0 unspecified atom stereocenters. The summed E-state index contributed by atoms with van der Waals surface area (Å²) in [5.41, 5.74) is 2.96. The number of esters is 1. The van der Waals surface area contributed by atoms with Crippen LogP contribution in [0.5, 0.6) is 0 Å². The Balaban J connectivity index is 1.49. The zero-order valence-corrected chi connectivity index (χ0v) is 16.4. The summed E-state index contributed by atoms with van der Waals surface area (Å²) in [4.78, 5) is 29.7. The minimum absolute atomic E-state index is 0.126. The van der Waals surface area contributed by atoms with Crippen LogP contribution in [0.4, 0.5) is 0 Å². The van der Waals surface area contributed by atoms with Crippen LogP contribution in [0, 0.1) is 6.92 Å². The summed E-state index contributed by atoms with van der Waals surface area (Å²) in [5, 5.41) is 0. The highest BCUT2D eigenvalue weighted by Crippen LogP contribution is 2.21. The van der Waals surface area contributed by atoms with Crippen molar-refractivity contribution in [2.75, 3.05) is 0 Å². The van der Waals surface area contributed by atoms with Gasteiger partial charge in [0.05, 0.1) is 11.8 Å². The molecule has 1 heterocycles. The van der Waals surface area contributed by atoms with Crippen LogP contribution in [-0.4, -0.2) is 16.7 Å². The van der Waals surface area contributed by atoms with Crippen molar-refractivity contribution in [3.8, 4) is 11.3 Å². The van der Waals surface area contributed by atoms with E-state index >= 15 is 0 Å². The average Bonchev–Trinajstić information content (AvgIpc) is 3.27. The van der Waals surface area contributed by atoms with Crippen LogP contribution in [0.25, 0.3) is 11.3 Å². The minimum Gasteiger partial charge on any atom is -0.452 e. The monoisotopic (exact) mass is 397 g/mol. The fraction of sp³-hybridized carbons (Fsp3) is 0.0800. The number of ether oxygens (including phenoxy) is 1. The second-order valence-electron chi connectivity index (χ2n) is 6.80. The molecule has 3 aromatic carbocycles. The Morgan fingerprint density at radius 3 is 2.27 bits per heavy atom. The SMILES string of the molecule is Cc1ccc(C(=O)c2ccccc2C(=O)OCc2ncc(-c3ccccc3)o2)cc1. The molecular formula is C25H19NO4. The minimum atomic E-state index is -0.606. The fourth-order valence-corrected chi connectivity index (χ4v) is 3.04. The Bertz CT molecular complexity index is 1180. The number of hydrogen-bond acceptors (Lipinski definition) is 5. The van der Waals surface area contributed by atoms with E-state index in [1.54, 1.807) is 42.6 Å². The summed E-state index contributed by atoms with van der Waals surface area (Å²) < 4.78 is 11.0. The highest BCUT2D eigenvalue weighted by molar-refractivity contribution is 6.14. The van der Waals surface area contributed by atoms with Crippen molar-refractivity contribution in [1.29, 1.82) is 0 Å². The van der Waals surface area contributed by atoms with Crippen molar-refractivity contribution < 1.29 is 18.7 Å². The molecule has 0 aliphatic rings. The number of carbonyl (C=O) groups is 2. The summed E-state index contributed by atoms with van der Waals surface area (Å²) in [6, 6.07) is 23.4. The van der Waals surface area contributed by atoms with Crippen molar-refractivity contribution in [3.05, 3.63) is 113 Å². The molecular weight excluding hydrogens is 378 g/mol. The molecule has 0 aliphatic heterocycles. The lowest BCUT2D eigenvalue weighted by Crippen LogP contribution is -2.12. The van der Waals surface area contributed by atoms with E-state index in [0.29, 0.717) is 16.9 Å². The van der Waals surface area contributed by atoms with Crippen molar-refractivity contribution in [2.45, 2.75) is 13.5 Å². The van der Waals surface area contributed by atoms with Gasteiger partial charge in [0.1, 0.15) is 0 Å². The molecule has 5 heteroatoms. The Morgan fingerprint density at radius 1 is 0.867 bits per heavy atom. The van der Waals surface area contributed by atoms with E-state index in [9.17, 15) is 9.59 Å². The van der Waals surface area contributed by atoms with E-state index in [0.717, 1.165) is 11.1 Å². The molecule has 0 amide bonds. The summed E-state index contributed by atoms with van der Waals surface area (Å²) in [6.45, 7) is 1.82. The first-order chi connectivity index (χ1) is 14.6. The van der Waals surface area contributed by atoms with Gasteiger partial charge in [-0.05, 0) is 13.0 Å². The highest BCUT2D eigenvalue weighted by Gasteiger charge is 2.20. The number of hydrogen-bond donors (Lipinski definition) is 0. The van der Waals surface area contributed by atoms with Crippen molar-refractivity contribution in [2.24, 2.45) is 0 Å². The second-order valence-corrected chi connectivity index (χ2v) is 6.80. The number of ketones is 1. The smallest absolute Gasteiger partial charge is 0.339 e. The van der Waals surface area contributed by atoms with Crippen LogP contribution in [0.1, 0.15) is 37.7 Å². The number of nitrogens with zero attached hydrogens (tertiary/aromatic N) is 1. The van der Waals surface area contributed by atoms with Gasteiger partial charge in [-0.15, -0.1) is 0 Å². The average molecular weight is 397 g/mol. The maximum atomic E-state index is 12.9. The van der Waals surface area contributed by atoms with E-state index in [4.69, 9.17) is 9.15 Å². The van der Waals surface area contributed by atoms with Gasteiger partial charge in [-0.3, -0.25) is 4.79 Å². The van der Waals surface area contributed by atoms with Gasteiger partial charge in [-0.2, -0.15) is 0 Å². The van der Waals surface area contributed by atoms with Gasteiger partial charge in [0.25, 0.3) is 0 Å². The van der Waals surface area contributed by atoms with Crippen LogP contribution in [0.15, 0.2) is 89.5 Å². The summed E-state index contributed by atoms with van der Waals surface area (Å²) >= 11 is 0. The molecule has 0 radical (unpaired) electrons. The lowest BCUT2D eigenvalue weighted by atomic mass is 9.98. The second kappa shape index (κ2) is 8.57. The van der Waals surface area contributed by atoms with Crippen LogP contribution < -0.4 is 0 Å². The number of oxazole rings is 1. The first kappa shape index (κ1) is 19.3. The molecule has 5 nitrogen and oxygen atoms in total. The molecule has 0 fully saturated rings. The van der Waals surface area contributed by atoms with Gasteiger partial charge in [-0.25, -0.2) is 9.78 Å². The van der Waals surface area contributed by atoms with E-state index in [1.165, 1.54) is 0 Å². The summed E-state index contributed by atoms with van der Waals surface area (Å²) in [5.74, 6) is 0.0386. The van der Waals surface area contributed by atoms with Crippen molar-refractivity contribution in [3.63, 3.8) is 0 Å². The Morgan fingerprint density at radius 2 is 1.53 bits per heavy atom. The molecule has 0 saturated heterocycles. The highest BCUT2D eigenvalue weighted by atomic mass is 16.5. The van der Waals surface area contributed by atoms with E-state index in [2.05, 4.69) is 4.98 Å². The van der Waals surface area contributed by atoms with Crippen LogP contribution in [-0.2, 0) is 11.3 Å². The Hall–Kier alpha value is -3.99. The number of carbonyl (C=O) groups excluding carboxylic acids is 2. The normalized spacial score (nSPS) is 10.6. The van der Waals surface area contributed by atoms with E-state index < -0.39 is 5.97 Å². The Kier molecular flexibility index (Phi) is 5.52. The number of benzene rings is 3. The zero-order valence-electron chi connectivity index (χ0n) is 16.4. The van der Waals surface area contributed by atoms with Crippen LogP contribution >= 0.6 is 0 Å². The standard InChI is InChI=1S/C25H19NO4/c1-17-11-13-19(14-12-17)24(27)20-9-5-6-10-21(20)25(28)29-16-23-26-15-22(30-23)18-7-3-2-4-8-18/h2-15H,16H2,1H3. The quantitative estimate of drug-likeness (QED) is 0.329. The topological polar surface area (TPSA) is 69.4 Å². The third-order valence-corrected chi connectivity index (χ3v) is 4.64. The van der Waals surface area contributed by atoms with Crippen molar-refractivity contribution >= 4 is 11.8 Å². The molecule has 0 bridgehead atoms. The van der Waals surface area contributed by atoms with Gasteiger partial charge in [0.15, 0.2) is 18.2 Å². The number of rotatable bonds is 6. The first-order valence-electron chi connectivity index (χ1n) is 9.49. The van der Waals surface area contributed by atoms with Crippen molar-refractivity contribution in [1.82, 2.24) is 4.98 Å². The molecule has 0 saturated carbocycles. The molecule has 4 rings (SSSR count).